The number of thiophene rings is 1. The molecular weight excluding hydrogens is 374 g/mol. The number of amides is 1. The number of hydrogen-bond acceptors (Lipinski definition) is 5. The molecule has 0 unspecified atom stereocenters. The molecule has 0 saturated heterocycles. The van der Waals surface area contributed by atoms with Gasteiger partial charge in [0, 0.05) is 11.8 Å². The van der Waals surface area contributed by atoms with Crippen molar-refractivity contribution in [2.24, 2.45) is 0 Å². The minimum absolute atomic E-state index is 0.168. The van der Waals surface area contributed by atoms with Gasteiger partial charge in [-0.3, -0.25) is 4.79 Å². The normalized spacial score (nSPS) is 10.6. The fraction of sp³-hybridized carbons (Fsp3) is 0.0909. The van der Waals surface area contributed by atoms with Gasteiger partial charge in [0.1, 0.15) is 11.5 Å². The lowest BCUT2D eigenvalue weighted by Gasteiger charge is -2.05. The van der Waals surface area contributed by atoms with Crippen molar-refractivity contribution >= 4 is 35.0 Å². The number of hydrogen-bond donors (Lipinski definition) is 1. The summed E-state index contributed by atoms with van der Waals surface area (Å²) < 4.78 is 10.6. The van der Waals surface area contributed by atoms with Crippen LogP contribution in [0.15, 0.2) is 72.1 Å². The molecule has 0 fully saturated rings. The Morgan fingerprint density at radius 3 is 2.36 bits per heavy atom. The third kappa shape index (κ3) is 5.56. The van der Waals surface area contributed by atoms with Crippen LogP contribution in [0.1, 0.15) is 22.2 Å². The highest BCUT2D eigenvalue weighted by Gasteiger charge is 2.07. The maximum atomic E-state index is 12.0. The Bertz CT molecular complexity index is 945. The smallest absolute Gasteiger partial charge is 0.336 e. The molecule has 3 aromatic rings. The number of rotatable bonds is 7. The van der Waals surface area contributed by atoms with Gasteiger partial charge in [0.05, 0.1) is 11.5 Å². The van der Waals surface area contributed by atoms with Gasteiger partial charge in [-0.05, 0) is 66.4 Å². The molecule has 0 aliphatic rings. The first-order valence-corrected chi connectivity index (χ1v) is 9.59. The van der Waals surface area contributed by atoms with Crippen LogP contribution in [0.2, 0.25) is 0 Å². The molecule has 1 heterocycles. The quantitative estimate of drug-likeness (QED) is 0.348. The van der Waals surface area contributed by atoms with Gasteiger partial charge in [-0.1, -0.05) is 18.2 Å². The van der Waals surface area contributed by atoms with Gasteiger partial charge in [0.25, 0.3) is 5.91 Å². The number of carbonyl (C=O) groups excluding carboxylic acids is 2. The van der Waals surface area contributed by atoms with E-state index in [1.807, 2.05) is 42.6 Å². The predicted octanol–water partition coefficient (Wildman–Crippen LogP) is 5.02. The molecule has 1 aromatic heterocycles. The Morgan fingerprint density at radius 1 is 1.00 bits per heavy atom. The van der Waals surface area contributed by atoms with Crippen molar-refractivity contribution < 1.29 is 19.1 Å². The SMILES string of the molecule is CCOc1ccc(/C=C/C(=O)Oc2ccc(NC(=O)c3cccs3)cc2)cc1. The summed E-state index contributed by atoms with van der Waals surface area (Å²) in [5.74, 6) is 0.534. The number of nitrogens with one attached hydrogen (secondary N) is 1. The molecule has 0 aliphatic carbocycles. The lowest BCUT2D eigenvalue weighted by Crippen LogP contribution is -2.10. The van der Waals surface area contributed by atoms with Crippen molar-refractivity contribution in [3.8, 4) is 11.5 Å². The van der Waals surface area contributed by atoms with Gasteiger partial charge >= 0.3 is 5.97 Å². The Hall–Kier alpha value is -3.38. The van der Waals surface area contributed by atoms with Crippen molar-refractivity contribution in [3.05, 3.63) is 82.6 Å². The van der Waals surface area contributed by atoms with Crippen LogP contribution in [-0.2, 0) is 4.79 Å². The molecule has 142 valence electrons. The second kappa shape index (κ2) is 9.53. The Balaban J connectivity index is 1.53. The zero-order chi connectivity index (χ0) is 19.8. The minimum Gasteiger partial charge on any atom is -0.494 e. The maximum Gasteiger partial charge on any atom is 0.336 e. The molecule has 0 radical (unpaired) electrons. The van der Waals surface area contributed by atoms with Crippen LogP contribution in [0, 0.1) is 0 Å². The molecule has 0 aliphatic heterocycles. The molecule has 0 saturated carbocycles. The third-order valence-electron chi connectivity index (χ3n) is 3.68. The van der Waals surface area contributed by atoms with E-state index in [1.165, 1.54) is 17.4 Å². The molecule has 1 amide bonds. The first kappa shape index (κ1) is 19.4. The van der Waals surface area contributed by atoms with Gasteiger partial charge < -0.3 is 14.8 Å². The van der Waals surface area contributed by atoms with Crippen LogP contribution < -0.4 is 14.8 Å². The van der Waals surface area contributed by atoms with Gasteiger partial charge in [-0.25, -0.2) is 4.79 Å². The Labute approximate surface area is 167 Å². The molecule has 0 bridgehead atoms. The summed E-state index contributed by atoms with van der Waals surface area (Å²) in [5.41, 5.74) is 1.50. The van der Waals surface area contributed by atoms with Crippen LogP contribution in [-0.4, -0.2) is 18.5 Å². The summed E-state index contributed by atoms with van der Waals surface area (Å²) in [4.78, 5) is 24.6. The summed E-state index contributed by atoms with van der Waals surface area (Å²) >= 11 is 1.37. The fourth-order valence-corrected chi connectivity index (χ4v) is 2.98. The molecule has 0 spiro atoms. The highest BCUT2D eigenvalue weighted by molar-refractivity contribution is 7.12. The standard InChI is InChI=1S/C22H19NO4S/c1-2-26-18-10-5-16(6-11-18)7-14-21(24)27-19-12-8-17(9-13-19)23-22(25)20-4-3-15-28-20/h3-15H,2H2,1H3,(H,23,25)/b14-7+. The first-order valence-electron chi connectivity index (χ1n) is 8.71. The van der Waals surface area contributed by atoms with E-state index in [2.05, 4.69) is 5.32 Å². The molecule has 1 N–H and O–H groups in total. The number of ether oxygens (including phenoxy) is 2. The summed E-state index contributed by atoms with van der Waals surface area (Å²) in [7, 11) is 0. The molecular formula is C22H19NO4S. The average molecular weight is 393 g/mol. The van der Waals surface area contributed by atoms with Crippen molar-refractivity contribution in [1.29, 1.82) is 0 Å². The van der Waals surface area contributed by atoms with Crippen molar-refractivity contribution in [3.63, 3.8) is 0 Å². The summed E-state index contributed by atoms with van der Waals surface area (Å²) in [5, 5.41) is 4.64. The van der Waals surface area contributed by atoms with E-state index in [0.717, 1.165) is 11.3 Å². The van der Waals surface area contributed by atoms with Crippen LogP contribution in [0.3, 0.4) is 0 Å². The lowest BCUT2D eigenvalue weighted by molar-refractivity contribution is -0.128. The molecule has 5 nitrogen and oxygen atoms in total. The van der Waals surface area contributed by atoms with Gasteiger partial charge in [-0.15, -0.1) is 11.3 Å². The zero-order valence-corrected chi connectivity index (χ0v) is 16.1. The highest BCUT2D eigenvalue weighted by Crippen LogP contribution is 2.18. The van der Waals surface area contributed by atoms with Crippen molar-refractivity contribution in [1.82, 2.24) is 0 Å². The molecule has 2 aromatic carbocycles. The van der Waals surface area contributed by atoms with E-state index in [4.69, 9.17) is 9.47 Å². The third-order valence-corrected chi connectivity index (χ3v) is 4.55. The minimum atomic E-state index is -0.482. The number of anilines is 1. The van der Waals surface area contributed by atoms with Crippen LogP contribution in [0.5, 0.6) is 11.5 Å². The van der Waals surface area contributed by atoms with Gasteiger partial charge in [0.2, 0.25) is 0 Å². The largest absolute Gasteiger partial charge is 0.494 e. The van der Waals surface area contributed by atoms with E-state index >= 15 is 0 Å². The first-order chi connectivity index (χ1) is 13.6. The molecule has 28 heavy (non-hydrogen) atoms. The van der Waals surface area contributed by atoms with Crippen LogP contribution >= 0.6 is 11.3 Å². The summed E-state index contributed by atoms with van der Waals surface area (Å²) in [6, 6.07) is 17.6. The van der Waals surface area contributed by atoms with Crippen molar-refractivity contribution in [2.45, 2.75) is 6.92 Å². The van der Waals surface area contributed by atoms with E-state index in [0.29, 0.717) is 22.9 Å². The highest BCUT2D eigenvalue weighted by atomic mass is 32.1. The zero-order valence-electron chi connectivity index (χ0n) is 15.3. The molecule has 6 heteroatoms. The fourth-order valence-electron chi connectivity index (χ4n) is 2.36. The molecule has 3 rings (SSSR count). The summed E-state index contributed by atoms with van der Waals surface area (Å²) in [6.07, 6.45) is 3.04. The topological polar surface area (TPSA) is 64.6 Å². The monoisotopic (exact) mass is 393 g/mol. The predicted molar refractivity (Wildman–Crippen MR) is 111 cm³/mol. The van der Waals surface area contributed by atoms with Crippen molar-refractivity contribution in [2.75, 3.05) is 11.9 Å². The summed E-state index contributed by atoms with van der Waals surface area (Å²) in [6.45, 7) is 2.53. The van der Waals surface area contributed by atoms with E-state index in [9.17, 15) is 9.59 Å². The number of carbonyl (C=O) groups is 2. The van der Waals surface area contributed by atoms with E-state index in [1.54, 1.807) is 36.4 Å². The lowest BCUT2D eigenvalue weighted by atomic mass is 10.2. The van der Waals surface area contributed by atoms with E-state index < -0.39 is 5.97 Å². The van der Waals surface area contributed by atoms with Crippen LogP contribution in [0.25, 0.3) is 6.08 Å². The second-order valence-corrected chi connectivity index (χ2v) is 6.66. The van der Waals surface area contributed by atoms with Gasteiger partial charge in [0.15, 0.2) is 0 Å². The van der Waals surface area contributed by atoms with Gasteiger partial charge in [-0.2, -0.15) is 0 Å². The van der Waals surface area contributed by atoms with E-state index in [-0.39, 0.29) is 5.91 Å². The van der Waals surface area contributed by atoms with Crippen LogP contribution in [0.4, 0.5) is 5.69 Å². The average Bonchev–Trinajstić information content (AvgIpc) is 3.24. The maximum absolute atomic E-state index is 12.0. The molecule has 0 atom stereocenters. The Morgan fingerprint density at radius 2 is 1.71 bits per heavy atom. The number of benzene rings is 2. The Kier molecular flexibility index (Phi) is 6.59. The second-order valence-electron chi connectivity index (χ2n) is 5.71. The number of esters is 1.